The van der Waals surface area contributed by atoms with E-state index in [0.717, 1.165) is 6.61 Å². The van der Waals surface area contributed by atoms with Crippen molar-refractivity contribution in [2.75, 3.05) is 18.1 Å². The molecule has 2 fully saturated rings. The fourth-order valence-electron chi connectivity index (χ4n) is 1.31. The van der Waals surface area contributed by atoms with Gasteiger partial charge in [0.1, 0.15) is 0 Å². The van der Waals surface area contributed by atoms with Gasteiger partial charge in [0.15, 0.2) is 0 Å². The van der Waals surface area contributed by atoms with Gasteiger partial charge in [-0.1, -0.05) is 0 Å². The molecule has 0 aliphatic carbocycles. The highest BCUT2D eigenvalue weighted by Crippen LogP contribution is 2.40. The van der Waals surface area contributed by atoms with Gasteiger partial charge < -0.3 is 4.74 Å². The molecule has 0 saturated carbocycles. The normalized spacial score (nSPS) is 33.0. The molecule has 0 atom stereocenters. The zero-order chi connectivity index (χ0) is 5.45. The highest BCUT2D eigenvalue weighted by molar-refractivity contribution is 8.00. The predicted molar refractivity (Wildman–Crippen MR) is 35.2 cm³/mol. The minimum atomic E-state index is 0.380. The molecule has 2 aliphatic rings. The minimum Gasteiger partial charge on any atom is -0.373 e. The van der Waals surface area contributed by atoms with Crippen molar-refractivity contribution in [3.8, 4) is 0 Å². The molecule has 2 heteroatoms. The van der Waals surface area contributed by atoms with E-state index in [1.807, 2.05) is 11.8 Å². The first-order valence-corrected chi connectivity index (χ1v) is 4.29. The van der Waals surface area contributed by atoms with E-state index in [9.17, 15) is 0 Å². The average Bonchev–Trinajstić information content (AvgIpc) is 2.07. The van der Waals surface area contributed by atoms with Crippen LogP contribution in [0.4, 0.5) is 0 Å². The van der Waals surface area contributed by atoms with E-state index in [4.69, 9.17) is 4.74 Å². The largest absolute Gasteiger partial charge is 0.373 e. The molecule has 1 nitrogen and oxygen atoms in total. The van der Waals surface area contributed by atoms with Crippen LogP contribution in [0.2, 0.25) is 0 Å². The Kier molecular flexibility index (Phi) is 1.05. The average molecular weight is 130 g/mol. The second-order valence-electron chi connectivity index (χ2n) is 2.63. The smallest absolute Gasteiger partial charge is 0.0863 e. The van der Waals surface area contributed by atoms with Crippen LogP contribution in [-0.2, 0) is 4.74 Å². The maximum Gasteiger partial charge on any atom is 0.0863 e. The minimum absolute atomic E-state index is 0.380. The lowest BCUT2D eigenvalue weighted by Gasteiger charge is -2.36. The number of hydrogen-bond donors (Lipinski definition) is 0. The second kappa shape index (κ2) is 1.64. The fourth-order valence-corrected chi connectivity index (χ4v) is 2.43. The quantitative estimate of drug-likeness (QED) is 0.488. The summed E-state index contributed by atoms with van der Waals surface area (Å²) in [6.45, 7) is 1.01. The third-order valence-corrected chi connectivity index (χ3v) is 3.38. The molecule has 46 valence electrons. The Hall–Kier alpha value is 0.310. The van der Waals surface area contributed by atoms with Crippen molar-refractivity contribution in [2.45, 2.75) is 18.4 Å². The lowest BCUT2D eigenvalue weighted by atomic mass is 10.1. The van der Waals surface area contributed by atoms with Crippen molar-refractivity contribution < 1.29 is 4.74 Å². The fraction of sp³-hybridized carbons (Fsp3) is 1.00. The Balaban J connectivity index is 2.01. The van der Waals surface area contributed by atoms with E-state index in [2.05, 4.69) is 0 Å². The molecule has 2 saturated heterocycles. The Morgan fingerprint density at radius 1 is 1.38 bits per heavy atom. The standard InChI is InChI=1S/C6H10OS/c1-2-6(7-3-1)4-8-5-6/h1-5H2. The summed E-state index contributed by atoms with van der Waals surface area (Å²) in [6.07, 6.45) is 2.61. The first-order chi connectivity index (χ1) is 3.91. The molecule has 0 radical (unpaired) electrons. The summed E-state index contributed by atoms with van der Waals surface area (Å²) in [7, 11) is 0. The van der Waals surface area contributed by atoms with Crippen molar-refractivity contribution in [1.29, 1.82) is 0 Å². The van der Waals surface area contributed by atoms with Crippen LogP contribution in [0.5, 0.6) is 0 Å². The van der Waals surface area contributed by atoms with Crippen LogP contribution in [0, 0.1) is 0 Å². The molecule has 1 spiro atoms. The molecule has 0 N–H and O–H groups in total. The lowest BCUT2D eigenvalue weighted by Crippen LogP contribution is -2.42. The Bertz CT molecular complexity index is 90.7. The highest BCUT2D eigenvalue weighted by Gasteiger charge is 2.41. The summed E-state index contributed by atoms with van der Waals surface area (Å²) in [5.41, 5.74) is 0.380. The van der Waals surface area contributed by atoms with Crippen molar-refractivity contribution >= 4 is 11.8 Å². The van der Waals surface area contributed by atoms with Gasteiger partial charge in [-0.2, -0.15) is 11.8 Å². The predicted octanol–water partition coefficient (Wildman–Crippen LogP) is 1.28. The molecule has 0 unspecified atom stereocenters. The maximum absolute atomic E-state index is 5.56. The van der Waals surface area contributed by atoms with Crippen LogP contribution in [0.3, 0.4) is 0 Å². The van der Waals surface area contributed by atoms with Gasteiger partial charge in [-0.3, -0.25) is 0 Å². The van der Waals surface area contributed by atoms with E-state index in [0.29, 0.717) is 5.60 Å². The van der Waals surface area contributed by atoms with Gasteiger partial charge in [0, 0.05) is 18.1 Å². The van der Waals surface area contributed by atoms with Crippen LogP contribution in [-0.4, -0.2) is 23.7 Å². The van der Waals surface area contributed by atoms with Crippen molar-refractivity contribution in [2.24, 2.45) is 0 Å². The topological polar surface area (TPSA) is 9.23 Å². The van der Waals surface area contributed by atoms with Crippen LogP contribution in [0.15, 0.2) is 0 Å². The zero-order valence-electron chi connectivity index (χ0n) is 4.85. The van der Waals surface area contributed by atoms with Gasteiger partial charge in [-0.15, -0.1) is 0 Å². The molecule has 2 heterocycles. The molecule has 2 aliphatic heterocycles. The molecular formula is C6H10OS. The third kappa shape index (κ3) is 0.594. The van der Waals surface area contributed by atoms with Gasteiger partial charge >= 0.3 is 0 Å². The molecule has 0 bridgehead atoms. The van der Waals surface area contributed by atoms with Gasteiger partial charge in [0.05, 0.1) is 5.60 Å². The molecule has 0 aromatic heterocycles. The van der Waals surface area contributed by atoms with E-state index in [1.54, 1.807) is 0 Å². The highest BCUT2D eigenvalue weighted by atomic mass is 32.2. The first-order valence-electron chi connectivity index (χ1n) is 3.13. The molecular weight excluding hydrogens is 120 g/mol. The number of hydrogen-bond acceptors (Lipinski definition) is 2. The van der Waals surface area contributed by atoms with Crippen LogP contribution < -0.4 is 0 Å². The van der Waals surface area contributed by atoms with Crippen LogP contribution >= 0.6 is 11.8 Å². The zero-order valence-corrected chi connectivity index (χ0v) is 5.67. The van der Waals surface area contributed by atoms with Crippen LogP contribution in [0.1, 0.15) is 12.8 Å². The SMILES string of the molecule is C1COC2(C1)CSC2. The van der Waals surface area contributed by atoms with E-state index in [-0.39, 0.29) is 0 Å². The molecule has 0 amide bonds. The van der Waals surface area contributed by atoms with E-state index < -0.39 is 0 Å². The van der Waals surface area contributed by atoms with Crippen molar-refractivity contribution in [3.05, 3.63) is 0 Å². The van der Waals surface area contributed by atoms with Crippen molar-refractivity contribution in [3.63, 3.8) is 0 Å². The monoisotopic (exact) mass is 130 g/mol. The van der Waals surface area contributed by atoms with E-state index >= 15 is 0 Å². The maximum atomic E-state index is 5.56. The van der Waals surface area contributed by atoms with Crippen LogP contribution in [0.25, 0.3) is 0 Å². The molecule has 0 aromatic rings. The summed E-state index contributed by atoms with van der Waals surface area (Å²) in [6, 6.07) is 0. The van der Waals surface area contributed by atoms with Crippen molar-refractivity contribution in [1.82, 2.24) is 0 Å². The molecule has 2 rings (SSSR count). The Labute approximate surface area is 53.8 Å². The number of rotatable bonds is 0. The Morgan fingerprint density at radius 2 is 2.25 bits per heavy atom. The van der Waals surface area contributed by atoms with E-state index in [1.165, 1.54) is 24.3 Å². The summed E-state index contributed by atoms with van der Waals surface area (Å²) in [4.78, 5) is 0. The first kappa shape index (κ1) is 5.12. The Morgan fingerprint density at radius 3 is 2.50 bits per heavy atom. The summed E-state index contributed by atoms with van der Waals surface area (Å²) in [5, 5.41) is 0. The summed E-state index contributed by atoms with van der Waals surface area (Å²) >= 11 is 2.01. The van der Waals surface area contributed by atoms with Gasteiger partial charge in [-0.05, 0) is 12.8 Å². The molecule has 8 heavy (non-hydrogen) atoms. The molecule has 0 aromatic carbocycles. The number of ether oxygens (including phenoxy) is 1. The summed E-state index contributed by atoms with van der Waals surface area (Å²) in [5.74, 6) is 2.51. The lowest BCUT2D eigenvalue weighted by molar-refractivity contribution is 0.0355. The third-order valence-electron chi connectivity index (χ3n) is 1.92. The van der Waals surface area contributed by atoms with Gasteiger partial charge in [-0.25, -0.2) is 0 Å². The van der Waals surface area contributed by atoms with Gasteiger partial charge in [0.2, 0.25) is 0 Å². The number of thioether (sulfide) groups is 1. The second-order valence-corrected chi connectivity index (χ2v) is 3.61. The van der Waals surface area contributed by atoms with Gasteiger partial charge in [0.25, 0.3) is 0 Å². The summed E-state index contributed by atoms with van der Waals surface area (Å²) < 4.78 is 5.56.